The average Bonchev–Trinajstić information content (AvgIpc) is 3.10. The molecule has 1 aromatic carbocycles. The molecule has 0 unspecified atom stereocenters. The van der Waals surface area contributed by atoms with Gasteiger partial charge in [-0.1, -0.05) is 19.3 Å². The highest BCUT2D eigenvalue weighted by molar-refractivity contribution is 7.89. The monoisotopic (exact) mass is 378 g/mol. The molecule has 0 radical (unpaired) electrons. The lowest BCUT2D eigenvalue weighted by atomic mass is 9.98. The van der Waals surface area contributed by atoms with Crippen LogP contribution in [0.2, 0.25) is 0 Å². The van der Waals surface area contributed by atoms with Crippen molar-refractivity contribution < 1.29 is 22.4 Å². The van der Waals surface area contributed by atoms with Gasteiger partial charge in [0.1, 0.15) is 12.4 Å². The number of nitrogens with two attached hydrogens (primary N) is 1. The van der Waals surface area contributed by atoms with Crippen molar-refractivity contribution in [3.05, 3.63) is 47.9 Å². The van der Waals surface area contributed by atoms with Gasteiger partial charge in [-0.2, -0.15) is 0 Å². The molecule has 7 nitrogen and oxygen atoms in total. The Morgan fingerprint density at radius 2 is 1.81 bits per heavy atom. The van der Waals surface area contributed by atoms with Crippen molar-refractivity contribution in [2.24, 2.45) is 5.14 Å². The van der Waals surface area contributed by atoms with Crippen LogP contribution in [0.25, 0.3) is 0 Å². The van der Waals surface area contributed by atoms with Crippen molar-refractivity contribution in [3.8, 4) is 0 Å². The molecule has 0 atom stereocenters. The van der Waals surface area contributed by atoms with Crippen LogP contribution in [0.1, 0.15) is 48.4 Å². The van der Waals surface area contributed by atoms with Crippen LogP contribution in [0.5, 0.6) is 0 Å². The van der Waals surface area contributed by atoms with Crippen LogP contribution in [0, 0.1) is 0 Å². The highest BCUT2D eigenvalue weighted by Gasteiger charge is 2.16. The van der Waals surface area contributed by atoms with Crippen LogP contribution in [-0.2, 0) is 21.4 Å². The first kappa shape index (κ1) is 18.6. The maximum atomic E-state index is 12.2. The van der Waals surface area contributed by atoms with E-state index in [9.17, 15) is 13.2 Å². The highest BCUT2D eigenvalue weighted by Crippen LogP contribution is 2.22. The van der Waals surface area contributed by atoms with Crippen LogP contribution < -0.4 is 10.5 Å². The van der Waals surface area contributed by atoms with E-state index < -0.39 is 15.9 Å². The predicted octanol–water partition coefficient (Wildman–Crippen LogP) is 3.03. The standard InChI is InChI=1S/C18H22N2O5S/c19-26(22,23)16-9-6-13(7-10-16)20-18(21)17-11-8-15(25-17)12-24-14-4-2-1-3-5-14/h6-11,14H,1-5,12H2,(H,20,21)(H2,19,22,23). The summed E-state index contributed by atoms with van der Waals surface area (Å²) in [6.07, 6.45) is 6.07. The molecule has 140 valence electrons. The van der Waals surface area contributed by atoms with Crippen LogP contribution in [0.3, 0.4) is 0 Å². The fourth-order valence-corrected chi connectivity index (χ4v) is 3.45. The molecular weight excluding hydrogens is 356 g/mol. The van der Waals surface area contributed by atoms with E-state index in [1.807, 2.05) is 0 Å². The van der Waals surface area contributed by atoms with Gasteiger partial charge in [0.2, 0.25) is 10.0 Å². The summed E-state index contributed by atoms with van der Waals surface area (Å²) in [4.78, 5) is 12.2. The first-order valence-electron chi connectivity index (χ1n) is 8.56. The van der Waals surface area contributed by atoms with Crippen LogP contribution >= 0.6 is 0 Å². The fraction of sp³-hybridized carbons (Fsp3) is 0.389. The molecule has 1 amide bonds. The number of anilines is 1. The van der Waals surface area contributed by atoms with E-state index in [1.165, 1.54) is 43.5 Å². The Hall–Kier alpha value is -2.16. The molecular formula is C18H22N2O5S. The Kier molecular flexibility index (Phi) is 5.75. The maximum absolute atomic E-state index is 12.2. The van der Waals surface area contributed by atoms with Gasteiger partial charge >= 0.3 is 0 Å². The van der Waals surface area contributed by atoms with Gasteiger partial charge in [-0.05, 0) is 49.2 Å². The van der Waals surface area contributed by atoms with Crippen molar-refractivity contribution in [1.82, 2.24) is 0 Å². The van der Waals surface area contributed by atoms with Gasteiger partial charge in [0.05, 0.1) is 11.0 Å². The Morgan fingerprint density at radius 3 is 2.46 bits per heavy atom. The number of nitrogens with one attached hydrogen (secondary N) is 1. The van der Waals surface area contributed by atoms with Crippen molar-refractivity contribution in [1.29, 1.82) is 0 Å². The quantitative estimate of drug-likeness (QED) is 0.802. The predicted molar refractivity (Wildman–Crippen MR) is 96.1 cm³/mol. The molecule has 0 saturated heterocycles. The molecule has 0 spiro atoms. The van der Waals surface area contributed by atoms with Gasteiger partial charge in [-0.25, -0.2) is 13.6 Å². The van der Waals surface area contributed by atoms with E-state index in [-0.39, 0.29) is 16.8 Å². The van der Waals surface area contributed by atoms with E-state index in [4.69, 9.17) is 14.3 Å². The van der Waals surface area contributed by atoms with E-state index >= 15 is 0 Å². The first-order valence-corrected chi connectivity index (χ1v) is 10.1. The van der Waals surface area contributed by atoms with Gasteiger partial charge in [-0.15, -0.1) is 0 Å². The molecule has 3 rings (SSSR count). The molecule has 0 aliphatic heterocycles. The molecule has 3 N–H and O–H groups in total. The average molecular weight is 378 g/mol. The number of carbonyl (C=O) groups excluding carboxylic acids is 1. The molecule has 0 bridgehead atoms. The number of primary sulfonamides is 1. The second-order valence-corrected chi connectivity index (χ2v) is 7.92. The second-order valence-electron chi connectivity index (χ2n) is 6.36. The topological polar surface area (TPSA) is 112 Å². The Bertz CT molecular complexity index is 852. The minimum Gasteiger partial charge on any atom is -0.453 e. The third-order valence-electron chi connectivity index (χ3n) is 4.34. The number of furan rings is 1. The molecule has 1 saturated carbocycles. The third kappa shape index (κ3) is 4.94. The fourth-order valence-electron chi connectivity index (χ4n) is 2.93. The zero-order chi connectivity index (χ0) is 18.6. The summed E-state index contributed by atoms with van der Waals surface area (Å²) >= 11 is 0. The summed E-state index contributed by atoms with van der Waals surface area (Å²) in [7, 11) is -3.76. The Balaban J connectivity index is 1.55. The molecule has 1 aliphatic carbocycles. The minimum absolute atomic E-state index is 0.0179. The van der Waals surface area contributed by atoms with Gasteiger partial charge in [-0.3, -0.25) is 4.79 Å². The molecule has 2 aromatic rings. The molecule has 1 aliphatic rings. The summed E-state index contributed by atoms with van der Waals surface area (Å²) in [5, 5.41) is 7.69. The summed E-state index contributed by atoms with van der Waals surface area (Å²) in [6.45, 7) is 0.348. The van der Waals surface area contributed by atoms with Crippen LogP contribution in [0.4, 0.5) is 5.69 Å². The zero-order valence-electron chi connectivity index (χ0n) is 14.3. The zero-order valence-corrected chi connectivity index (χ0v) is 15.1. The van der Waals surface area contributed by atoms with Crippen LogP contribution in [-0.4, -0.2) is 20.4 Å². The normalized spacial score (nSPS) is 15.7. The summed E-state index contributed by atoms with van der Waals surface area (Å²) in [6, 6.07) is 8.91. The van der Waals surface area contributed by atoms with Crippen molar-refractivity contribution in [3.63, 3.8) is 0 Å². The summed E-state index contributed by atoms with van der Waals surface area (Å²) in [5.74, 6) is 0.352. The molecule has 8 heteroatoms. The van der Waals surface area contributed by atoms with E-state index in [0.29, 0.717) is 18.1 Å². The largest absolute Gasteiger partial charge is 0.453 e. The van der Waals surface area contributed by atoms with Crippen molar-refractivity contribution in [2.45, 2.75) is 49.7 Å². The number of hydrogen-bond donors (Lipinski definition) is 2. The molecule has 1 aromatic heterocycles. The number of benzene rings is 1. The second kappa shape index (κ2) is 8.03. The molecule has 26 heavy (non-hydrogen) atoms. The smallest absolute Gasteiger partial charge is 0.291 e. The van der Waals surface area contributed by atoms with Crippen molar-refractivity contribution in [2.75, 3.05) is 5.32 Å². The number of carbonyl (C=O) groups is 1. The maximum Gasteiger partial charge on any atom is 0.291 e. The van der Waals surface area contributed by atoms with Gasteiger partial charge in [0.25, 0.3) is 5.91 Å². The lowest BCUT2D eigenvalue weighted by molar-refractivity contribution is 0.00849. The molecule has 1 heterocycles. The van der Waals surface area contributed by atoms with Crippen LogP contribution in [0.15, 0.2) is 45.7 Å². The minimum atomic E-state index is -3.76. The Morgan fingerprint density at radius 1 is 1.12 bits per heavy atom. The Labute approximate surface area is 152 Å². The summed E-state index contributed by atoms with van der Waals surface area (Å²) < 4.78 is 33.8. The SMILES string of the molecule is NS(=O)(=O)c1ccc(NC(=O)c2ccc(COC3CCCCC3)o2)cc1. The number of rotatable bonds is 6. The number of hydrogen-bond acceptors (Lipinski definition) is 5. The first-order chi connectivity index (χ1) is 12.4. The third-order valence-corrected chi connectivity index (χ3v) is 5.27. The summed E-state index contributed by atoms with van der Waals surface area (Å²) in [5.41, 5.74) is 0.443. The highest BCUT2D eigenvalue weighted by atomic mass is 32.2. The van der Waals surface area contributed by atoms with Gasteiger partial charge in [0.15, 0.2) is 5.76 Å². The van der Waals surface area contributed by atoms with E-state index in [0.717, 1.165) is 12.8 Å². The van der Waals surface area contributed by atoms with Crippen molar-refractivity contribution >= 4 is 21.6 Å². The number of amides is 1. The van der Waals surface area contributed by atoms with E-state index in [2.05, 4.69) is 5.32 Å². The van der Waals surface area contributed by atoms with E-state index in [1.54, 1.807) is 12.1 Å². The number of ether oxygens (including phenoxy) is 1. The van der Waals surface area contributed by atoms with Gasteiger partial charge in [0, 0.05) is 5.69 Å². The lowest BCUT2D eigenvalue weighted by Crippen LogP contribution is -2.16. The van der Waals surface area contributed by atoms with Gasteiger partial charge < -0.3 is 14.5 Å². The number of sulfonamides is 1. The lowest BCUT2D eigenvalue weighted by Gasteiger charge is -2.21. The molecule has 1 fully saturated rings.